The normalized spacial score (nSPS) is 14.7. The van der Waals surface area contributed by atoms with E-state index < -0.39 is 0 Å². The summed E-state index contributed by atoms with van der Waals surface area (Å²) in [4.78, 5) is 4.10. The minimum Gasteiger partial charge on any atom is -0.313 e. The van der Waals surface area contributed by atoms with Crippen LogP contribution in [0.5, 0.6) is 0 Å². The Bertz CT molecular complexity index is 285. The molecule has 2 heterocycles. The van der Waals surface area contributed by atoms with Crippen LogP contribution in [-0.4, -0.2) is 18.1 Å². The Hall–Kier alpha value is -0.570. The molecule has 1 aliphatic heterocycles. The summed E-state index contributed by atoms with van der Waals surface area (Å²) in [7, 11) is 0. The largest absolute Gasteiger partial charge is 0.313 e. The molecule has 0 spiro atoms. The Kier molecular flexibility index (Phi) is 6.54. The van der Waals surface area contributed by atoms with Gasteiger partial charge in [0, 0.05) is 18.9 Å². The second-order valence-corrected chi connectivity index (χ2v) is 2.93. The van der Waals surface area contributed by atoms with Crippen molar-refractivity contribution in [3.63, 3.8) is 0 Å². The minimum atomic E-state index is 0. The molecule has 2 rings (SSSR count). The van der Waals surface area contributed by atoms with Gasteiger partial charge in [-0.3, -0.25) is 4.98 Å². The van der Waals surface area contributed by atoms with Crippen LogP contribution in [0, 0.1) is 0 Å². The maximum Gasteiger partial charge on any atom is 0.0342 e. The van der Waals surface area contributed by atoms with Crippen molar-refractivity contribution in [3.05, 3.63) is 36.2 Å². The summed E-state index contributed by atoms with van der Waals surface area (Å²) < 4.78 is 0. The van der Waals surface area contributed by atoms with Gasteiger partial charge in [0.25, 0.3) is 0 Å². The van der Waals surface area contributed by atoms with Gasteiger partial charge in [-0.05, 0) is 30.2 Å². The summed E-state index contributed by atoms with van der Waals surface area (Å²) in [6.45, 7) is 2.07. The first-order valence-electron chi connectivity index (χ1n) is 4.27. The quantitative estimate of drug-likeness (QED) is 0.805. The van der Waals surface area contributed by atoms with E-state index in [9.17, 15) is 0 Å². The lowest BCUT2D eigenvalue weighted by Crippen LogP contribution is -2.19. The van der Waals surface area contributed by atoms with E-state index in [2.05, 4.69) is 22.4 Å². The van der Waals surface area contributed by atoms with Crippen LogP contribution < -0.4 is 5.32 Å². The van der Waals surface area contributed by atoms with Crippen LogP contribution in [0.2, 0.25) is 0 Å². The summed E-state index contributed by atoms with van der Waals surface area (Å²) in [5.41, 5.74) is 2.68. The highest BCUT2D eigenvalue weighted by atomic mass is 35.5. The molecule has 2 nitrogen and oxygen atoms in total. The van der Waals surface area contributed by atoms with E-state index >= 15 is 0 Å². The Morgan fingerprint density at radius 1 is 1.29 bits per heavy atom. The SMILES string of the molecule is C1=C(c2cccnc2)CCNC1.Cl.Cl. The average Bonchev–Trinajstić information content (AvgIpc) is 2.21. The van der Waals surface area contributed by atoms with E-state index in [0.29, 0.717) is 0 Å². The van der Waals surface area contributed by atoms with Gasteiger partial charge in [0.05, 0.1) is 0 Å². The number of hydrogen-bond acceptors (Lipinski definition) is 2. The molecule has 0 saturated heterocycles. The molecule has 0 saturated carbocycles. The number of aromatic nitrogens is 1. The lowest BCUT2D eigenvalue weighted by molar-refractivity contribution is 0.738. The highest BCUT2D eigenvalue weighted by molar-refractivity contribution is 5.85. The number of rotatable bonds is 1. The maximum absolute atomic E-state index is 4.10. The summed E-state index contributed by atoms with van der Waals surface area (Å²) in [6, 6.07) is 4.10. The molecule has 4 heteroatoms. The van der Waals surface area contributed by atoms with E-state index in [1.165, 1.54) is 11.1 Å². The smallest absolute Gasteiger partial charge is 0.0342 e. The highest BCUT2D eigenvalue weighted by Crippen LogP contribution is 2.17. The molecule has 0 bridgehead atoms. The maximum atomic E-state index is 4.10. The molecule has 0 aliphatic carbocycles. The highest BCUT2D eigenvalue weighted by Gasteiger charge is 2.04. The summed E-state index contributed by atoms with van der Waals surface area (Å²) >= 11 is 0. The van der Waals surface area contributed by atoms with Gasteiger partial charge in [-0.2, -0.15) is 0 Å². The zero-order valence-corrected chi connectivity index (χ0v) is 9.40. The van der Waals surface area contributed by atoms with E-state index in [0.717, 1.165) is 19.5 Å². The van der Waals surface area contributed by atoms with Gasteiger partial charge < -0.3 is 5.32 Å². The van der Waals surface area contributed by atoms with Gasteiger partial charge in [0.1, 0.15) is 0 Å². The summed E-state index contributed by atoms with van der Waals surface area (Å²) in [6.07, 6.45) is 7.09. The van der Waals surface area contributed by atoms with Crippen molar-refractivity contribution in [1.29, 1.82) is 0 Å². The van der Waals surface area contributed by atoms with Crippen molar-refractivity contribution < 1.29 is 0 Å². The van der Waals surface area contributed by atoms with Crippen LogP contribution in [-0.2, 0) is 0 Å². The van der Waals surface area contributed by atoms with E-state index in [1.807, 2.05) is 18.5 Å². The Morgan fingerprint density at radius 3 is 2.71 bits per heavy atom. The Labute approximate surface area is 96.6 Å². The monoisotopic (exact) mass is 232 g/mol. The van der Waals surface area contributed by atoms with Gasteiger partial charge in [0.2, 0.25) is 0 Å². The van der Waals surface area contributed by atoms with E-state index in [1.54, 1.807) is 0 Å². The second-order valence-electron chi connectivity index (χ2n) is 2.93. The fourth-order valence-electron chi connectivity index (χ4n) is 1.44. The number of hydrogen-bond donors (Lipinski definition) is 1. The second kappa shape index (κ2) is 6.82. The third-order valence-corrected chi connectivity index (χ3v) is 2.10. The van der Waals surface area contributed by atoms with Crippen molar-refractivity contribution in [2.75, 3.05) is 13.1 Å². The van der Waals surface area contributed by atoms with Crippen LogP contribution >= 0.6 is 24.8 Å². The number of pyridine rings is 1. The first kappa shape index (κ1) is 13.4. The lowest BCUT2D eigenvalue weighted by atomic mass is 10.0. The third kappa shape index (κ3) is 3.29. The van der Waals surface area contributed by atoms with Crippen molar-refractivity contribution in [1.82, 2.24) is 10.3 Å². The number of nitrogens with one attached hydrogen (secondary N) is 1. The lowest BCUT2D eigenvalue weighted by Gasteiger charge is -2.13. The van der Waals surface area contributed by atoms with Crippen LogP contribution in [0.4, 0.5) is 0 Å². The molecule has 1 N–H and O–H groups in total. The molecule has 14 heavy (non-hydrogen) atoms. The summed E-state index contributed by atoms with van der Waals surface area (Å²) in [5, 5.41) is 3.29. The van der Waals surface area contributed by atoms with Gasteiger partial charge in [-0.15, -0.1) is 24.8 Å². The van der Waals surface area contributed by atoms with Gasteiger partial charge in [0.15, 0.2) is 0 Å². The zero-order valence-electron chi connectivity index (χ0n) is 7.77. The van der Waals surface area contributed by atoms with Crippen molar-refractivity contribution in [2.24, 2.45) is 0 Å². The van der Waals surface area contributed by atoms with E-state index in [-0.39, 0.29) is 24.8 Å². The molecular formula is C10H14Cl2N2. The zero-order chi connectivity index (χ0) is 8.23. The standard InChI is InChI=1S/C10H12N2.2ClH/c1-2-10(8-12-5-1)9-3-6-11-7-4-9;;/h1-3,5,8,11H,4,6-7H2;2*1H. The predicted molar refractivity (Wildman–Crippen MR) is 64.2 cm³/mol. The third-order valence-electron chi connectivity index (χ3n) is 2.10. The molecule has 0 radical (unpaired) electrons. The molecule has 1 aliphatic rings. The van der Waals surface area contributed by atoms with Crippen LogP contribution in [0.25, 0.3) is 5.57 Å². The first-order chi connectivity index (χ1) is 5.97. The molecule has 0 aromatic carbocycles. The molecule has 0 unspecified atom stereocenters. The summed E-state index contributed by atoms with van der Waals surface area (Å²) in [5.74, 6) is 0. The number of halogens is 2. The van der Waals surface area contributed by atoms with Gasteiger partial charge >= 0.3 is 0 Å². The first-order valence-corrected chi connectivity index (χ1v) is 4.27. The fourth-order valence-corrected chi connectivity index (χ4v) is 1.44. The predicted octanol–water partition coefficient (Wildman–Crippen LogP) is 2.30. The van der Waals surface area contributed by atoms with E-state index in [4.69, 9.17) is 0 Å². The number of nitrogens with zero attached hydrogens (tertiary/aromatic N) is 1. The van der Waals surface area contributed by atoms with Gasteiger partial charge in [-0.25, -0.2) is 0 Å². The van der Waals surface area contributed by atoms with Crippen molar-refractivity contribution in [2.45, 2.75) is 6.42 Å². The topological polar surface area (TPSA) is 24.9 Å². The molecule has 0 fully saturated rings. The van der Waals surface area contributed by atoms with Crippen molar-refractivity contribution in [3.8, 4) is 0 Å². The van der Waals surface area contributed by atoms with Crippen LogP contribution in [0.15, 0.2) is 30.6 Å². The van der Waals surface area contributed by atoms with Gasteiger partial charge in [-0.1, -0.05) is 12.1 Å². The molecule has 1 aromatic rings. The van der Waals surface area contributed by atoms with Crippen LogP contribution in [0.3, 0.4) is 0 Å². The Morgan fingerprint density at radius 2 is 2.14 bits per heavy atom. The van der Waals surface area contributed by atoms with Crippen LogP contribution in [0.1, 0.15) is 12.0 Å². The molecule has 1 aromatic heterocycles. The minimum absolute atomic E-state index is 0. The van der Waals surface area contributed by atoms with Crippen molar-refractivity contribution >= 4 is 30.4 Å². The fraction of sp³-hybridized carbons (Fsp3) is 0.300. The molecule has 78 valence electrons. The molecule has 0 amide bonds. The average molecular weight is 233 g/mol. The Balaban J connectivity index is 0.000000845. The molecular weight excluding hydrogens is 219 g/mol. The molecule has 0 atom stereocenters.